The summed E-state index contributed by atoms with van der Waals surface area (Å²) in [7, 11) is 3.79. The van der Waals surface area contributed by atoms with Crippen LogP contribution >= 0.6 is 0 Å². The van der Waals surface area contributed by atoms with Crippen molar-refractivity contribution in [3.05, 3.63) is 30.1 Å². The molecule has 0 saturated carbocycles. The van der Waals surface area contributed by atoms with Crippen LogP contribution in [0, 0.1) is 6.92 Å². The van der Waals surface area contributed by atoms with Gasteiger partial charge in [-0.05, 0) is 29.4 Å². The average molecular weight is 301 g/mol. The fourth-order valence-corrected chi connectivity index (χ4v) is 2.48. The summed E-state index contributed by atoms with van der Waals surface area (Å²) in [4.78, 5) is 2.31. The lowest BCUT2D eigenvalue weighted by molar-refractivity contribution is -0.665. The molecular formula is C15H21N6O+. The normalized spacial score (nSPS) is 15.7. The molecule has 7 heteroatoms. The van der Waals surface area contributed by atoms with Crippen LogP contribution in [0.4, 0.5) is 17.3 Å². The lowest BCUT2D eigenvalue weighted by Gasteiger charge is -2.28. The van der Waals surface area contributed by atoms with E-state index in [-0.39, 0.29) is 0 Å². The quantitative estimate of drug-likeness (QED) is 0.641. The number of azo groups is 1. The topological polar surface area (TPSA) is 58.9 Å². The van der Waals surface area contributed by atoms with Crippen LogP contribution in [-0.4, -0.2) is 36.1 Å². The number of ether oxygens (including phenoxy) is 1. The predicted molar refractivity (Wildman–Crippen MR) is 82.8 cm³/mol. The van der Waals surface area contributed by atoms with Gasteiger partial charge in [-0.15, -0.1) is 4.68 Å². The van der Waals surface area contributed by atoms with E-state index in [1.54, 1.807) is 4.68 Å². The van der Waals surface area contributed by atoms with E-state index >= 15 is 0 Å². The molecule has 1 aromatic carbocycles. The molecular weight excluding hydrogens is 280 g/mol. The van der Waals surface area contributed by atoms with Crippen molar-refractivity contribution in [1.82, 2.24) is 9.78 Å². The van der Waals surface area contributed by atoms with Crippen LogP contribution in [0.3, 0.4) is 0 Å². The molecule has 7 nitrogen and oxygen atoms in total. The van der Waals surface area contributed by atoms with Gasteiger partial charge in [-0.2, -0.15) is 0 Å². The minimum Gasteiger partial charge on any atom is -0.378 e. The molecule has 0 aliphatic carbocycles. The third-order valence-electron chi connectivity index (χ3n) is 3.85. The van der Waals surface area contributed by atoms with Crippen molar-refractivity contribution in [1.29, 1.82) is 0 Å². The Morgan fingerprint density at radius 2 is 1.82 bits per heavy atom. The number of nitrogens with zero attached hydrogens (tertiary/aromatic N) is 6. The number of hydrogen-bond acceptors (Lipinski definition) is 5. The number of hydrogen-bond donors (Lipinski definition) is 0. The molecule has 22 heavy (non-hydrogen) atoms. The number of aryl methyl sites for hydroxylation is 2. The lowest BCUT2D eigenvalue weighted by Crippen LogP contribution is -2.36. The van der Waals surface area contributed by atoms with Gasteiger partial charge in [-0.25, -0.2) is 4.57 Å². The van der Waals surface area contributed by atoms with E-state index in [1.165, 1.54) is 5.69 Å². The third kappa shape index (κ3) is 2.99. The summed E-state index contributed by atoms with van der Waals surface area (Å²) in [5, 5.41) is 12.9. The molecule has 0 N–H and O–H groups in total. The highest BCUT2D eigenvalue weighted by atomic mass is 16.5. The van der Waals surface area contributed by atoms with Gasteiger partial charge in [0.1, 0.15) is 0 Å². The molecule has 0 spiro atoms. The Labute approximate surface area is 129 Å². The third-order valence-corrected chi connectivity index (χ3v) is 3.85. The smallest absolute Gasteiger partial charge is 0.378 e. The Hall–Kier alpha value is -2.28. The van der Waals surface area contributed by atoms with Gasteiger partial charge in [-0.3, -0.25) is 0 Å². The van der Waals surface area contributed by atoms with Gasteiger partial charge in [-0.1, -0.05) is 5.11 Å². The van der Waals surface area contributed by atoms with E-state index in [0.717, 1.165) is 43.8 Å². The van der Waals surface area contributed by atoms with Gasteiger partial charge >= 0.3 is 5.95 Å². The van der Waals surface area contributed by atoms with Crippen molar-refractivity contribution in [2.75, 3.05) is 31.2 Å². The van der Waals surface area contributed by atoms with E-state index in [0.29, 0.717) is 0 Å². The largest absolute Gasteiger partial charge is 0.403 e. The fraction of sp³-hybridized carbons (Fsp3) is 0.467. The van der Waals surface area contributed by atoms with Crippen molar-refractivity contribution in [3.8, 4) is 0 Å². The summed E-state index contributed by atoms with van der Waals surface area (Å²) in [6, 6.07) is 8.12. The van der Waals surface area contributed by atoms with E-state index in [4.69, 9.17) is 4.74 Å². The lowest BCUT2D eigenvalue weighted by atomic mass is 10.2. The number of morpholine rings is 1. The van der Waals surface area contributed by atoms with Crippen molar-refractivity contribution < 1.29 is 9.30 Å². The zero-order chi connectivity index (χ0) is 15.5. The van der Waals surface area contributed by atoms with Gasteiger partial charge < -0.3 is 9.64 Å². The zero-order valence-electron chi connectivity index (χ0n) is 13.2. The Morgan fingerprint density at radius 1 is 1.14 bits per heavy atom. The van der Waals surface area contributed by atoms with E-state index < -0.39 is 0 Å². The molecule has 1 aromatic heterocycles. The first-order valence-corrected chi connectivity index (χ1v) is 7.39. The molecule has 0 bridgehead atoms. The first-order valence-electron chi connectivity index (χ1n) is 7.39. The number of aromatic nitrogens is 3. The minimum atomic E-state index is 0.717. The molecule has 1 saturated heterocycles. The maximum atomic E-state index is 5.37. The number of benzene rings is 1. The maximum absolute atomic E-state index is 5.37. The number of anilines is 1. The Morgan fingerprint density at radius 3 is 2.41 bits per heavy atom. The van der Waals surface area contributed by atoms with Crippen molar-refractivity contribution in [2.24, 2.45) is 24.3 Å². The molecule has 0 unspecified atom stereocenters. The van der Waals surface area contributed by atoms with Crippen LogP contribution in [-0.2, 0) is 18.8 Å². The zero-order valence-corrected chi connectivity index (χ0v) is 13.2. The standard InChI is InChI=1S/C15H21N6O/c1-12-18-20(3)15(19(12)2)17-16-13-4-6-14(7-5-13)21-8-10-22-11-9-21/h4-7H,8-11H2,1-3H3/q+1. The molecule has 0 amide bonds. The summed E-state index contributed by atoms with van der Waals surface area (Å²) in [5.74, 6) is 1.62. The van der Waals surface area contributed by atoms with Crippen LogP contribution in [0.1, 0.15) is 5.82 Å². The van der Waals surface area contributed by atoms with Crippen molar-refractivity contribution in [2.45, 2.75) is 6.92 Å². The Balaban J connectivity index is 1.74. The second kappa shape index (κ2) is 6.23. The molecule has 1 aliphatic heterocycles. The minimum absolute atomic E-state index is 0.717. The first-order chi connectivity index (χ1) is 10.6. The Bertz CT molecular complexity index is 670. The van der Waals surface area contributed by atoms with Gasteiger partial charge in [0.05, 0.1) is 33.0 Å². The summed E-state index contributed by atoms with van der Waals surface area (Å²) in [6.07, 6.45) is 0. The molecule has 1 fully saturated rings. The predicted octanol–water partition coefficient (Wildman–Crippen LogP) is 1.81. The van der Waals surface area contributed by atoms with Crippen molar-refractivity contribution in [3.63, 3.8) is 0 Å². The van der Waals surface area contributed by atoms with Crippen LogP contribution in [0.25, 0.3) is 0 Å². The fourth-order valence-electron chi connectivity index (χ4n) is 2.48. The Kier molecular flexibility index (Phi) is 4.15. The molecule has 2 heterocycles. The first kappa shape index (κ1) is 14.6. The van der Waals surface area contributed by atoms with E-state index in [1.807, 2.05) is 37.7 Å². The van der Waals surface area contributed by atoms with Gasteiger partial charge in [0.25, 0.3) is 0 Å². The van der Waals surface area contributed by atoms with Crippen LogP contribution in [0.15, 0.2) is 34.5 Å². The highest BCUT2D eigenvalue weighted by molar-refractivity contribution is 5.52. The highest BCUT2D eigenvalue weighted by Crippen LogP contribution is 2.21. The maximum Gasteiger partial charge on any atom is 0.403 e. The number of rotatable bonds is 3. The SMILES string of the molecule is Cc1nn(C)c(N=Nc2ccc(N3CCOCC3)cc2)[n+]1C. The second-order valence-electron chi connectivity index (χ2n) is 5.35. The van der Waals surface area contributed by atoms with Gasteiger partial charge in [0, 0.05) is 30.8 Å². The molecule has 3 rings (SSSR count). The molecule has 0 atom stereocenters. The molecule has 1 aliphatic rings. The van der Waals surface area contributed by atoms with Crippen LogP contribution in [0.5, 0.6) is 0 Å². The summed E-state index contributed by atoms with van der Waals surface area (Å²) in [6.45, 7) is 5.39. The van der Waals surface area contributed by atoms with Crippen LogP contribution in [0.2, 0.25) is 0 Å². The van der Waals surface area contributed by atoms with Crippen LogP contribution < -0.4 is 9.47 Å². The van der Waals surface area contributed by atoms with Crippen molar-refractivity contribution >= 4 is 17.3 Å². The average Bonchev–Trinajstić information content (AvgIpc) is 2.79. The van der Waals surface area contributed by atoms with Gasteiger partial charge in [0.2, 0.25) is 5.82 Å². The summed E-state index contributed by atoms with van der Waals surface area (Å²) < 4.78 is 9.00. The molecule has 2 aromatic rings. The van der Waals surface area contributed by atoms with Gasteiger partial charge in [0.15, 0.2) is 0 Å². The summed E-state index contributed by atoms with van der Waals surface area (Å²) >= 11 is 0. The van der Waals surface area contributed by atoms with E-state index in [9.17, 15) is 0 Å². The van der Waals surface area contributed by atoms with E-state index in [2.05, 4.69) is 32.4 Å². The summed E-state index contributed by atoms with van der Waals surface area (Å²) in [5.41, 5.74) is 2.03. The second-order valence-corrected chi connectivity index (χ2v) is 5.35. The highest BCUT2D eigenvalue weighted by Gasteiger charge is 2.16. The molecule has 0 radical (unpaired) electrons. The molecule has 116 valence electrons. The monoisotopic (exact) mass is 301 g/mol.